The van der Waals surface area contributed by atoms with Crippen LogP contribution in [0.1, 0.15) is 62.8 Å². The molecular weight excluding hydrogens is 1300 g/mol. The number of rotatable bonds is 12. The van der Waals surface area contributed by atoms with E-state index in [0.717, 1.165) is 21.3 Å². The minimum Gasteiger partial charge on any atom is -0.392 e. The van der Waals surface area contributed by atoms with Gasteiger partial charge in [0.25, 0.3) is 33.7 Å². The number of nitrogens with zero attached hydrogens (tertiary/aromatic N) is 12. The third kappa shape index (κ3) is 13.5. The number of hydrogen-bond acceptors (Lipinski definition) is 18. The zero-order valence-corrected chi connectivity index (χ0v) is 52.3. The quantitative estimate of drug-likeness (QED) is 0.0513. The number of nitrogen functional groups attached to an aromatic ring is 6. The fourth-order valence-electron chi connectivity index (χ4n) is 10.3. The van der Waals surface area contributed by atoms with Gasteiger partial charge in [-0.15, -0.1) is 0 Å². The molecule has 24 nitrogen and oxygen atoms in total. The minimum absolute atomic E-state index is 0.00810. The van der Waals surface area contributed by atoms with Crippen LogP contribution in [0.3, 0.4) is 0 Å². The molecule has 0 spiro atoms. The first-order valence-corrected chi connectivity index (χ1v) is 29.1. The summed E-state index contributed by atoms with van der Waals surface area (Å²) >= 11 is 18.9. The van der Waals surface area contributed by atoms with Crippen LogP contribution < -0.4 is 67.0 Å². The molecule has 0 aliphatic rings. The normalized spacial score (nSPS) is 12.5. The molecule has 0 unspecified atom stereocenters. The average molecular weight is 1350 g/mol. The van der Waals surface area contributed by atoms with Gasteiger partial charge >= 0.3 is 0 Å². The molecule has 15 N–H and O–H groups in total. The Bertz CT molecular complexity index is 5710. The van der Waals surface area contributed by atoms with Crippen molar-refractivity contribution in [3.63, 3.8) is 0 Å². The van der Waals surface area contributed by atoms with Crippen LogP contribution in [0.2, 0.25) is 15.1 Å². The lowest BCUT2D eigenvalue weighted by atomic mass is 10.1. The fourth-order valence-corrected chi connectivity index (χ4v) is 11.1. The van der Waals surface area contributed by atoms with Crippen molar-refractivity contribution in [1.82, 2.24) is 43.6 Å². The van der Waals surface area contributed by atoms with Crippen molar-refractivity contribution in [2.75, 3.05) is 50.4 Å². The van der Waals surface area contributed by atoms with Gasteiger partial charge in [0, 0.05) is 28.8 Å². The summed E-state index contributed by atoms with van der Waals surface area (Å²) in [5, 5.41) is 11.9. The Morgan fingerprint density at radius 3 is 1.10 bits per heavy atom. The zero-order valence-electron chi connectivity index (χ0n) is 55.0. The number of nitrogens with one attached hydrogen (secondary N) is 3. The lowest BCUT2D eigenvalue weighted by molar-refractivity contribution is 0.580. The van der Waals surface area contributed by atoms with E-state index < -0.39 is 82.5 Å². The van der Waals surface area contributed by atoms with E-state index in [1.807, 2.05) is 0 Å². The third-order valence-corrected chi connectivity index (χ3v) is 15.4. The lowest BCUT2D eigenvalue weighted by Crippen LogP contribution is -2.26. The number of nitrogens with two attached hydrogens (primary N) is 6. The molecule has 6 aromatic heterocycles. The summed E-state index contributed by atoms with van der Waals surface area (Å²) in [6.07, 6.45) is 0. The van der Waals surface area contributed by atoms with Crippen molar-refractivity contribution in [1.29, 1.82) is 0 Å². The van der Waals surface area contributed by atoms with Crippen molar-refractivity contribution in [2.45, 2.75) is 38.9 Å². The van der Waals surface area contributed by atoms with Gasteiger partial charge < -0.3 is 50.4 Å². The monoisotopic (exact) mass is 1350 g/mol. The van der Waals surface area contributed by atoms with Crippen LogP contribution in [-0.4, -0.2) is 43.6 Å². The first kappa shape index (κ1) is 59.8. The molecule has 0 fully saturated rings. The Morgan fingerprint density at radius 2 is 0.760 bits per heavy atom. The summed E-state index contributed by atoms with van der Waals surface area (Å²) in [5.74, 6) is -2.74. The smallest absolute Gasteiger partial charge is 0.268 e. The number of pyridine rings is 3. The van der Waals surface area contributed by atoms with E-state index in [1.54, 1.807) is 93.6 Å². The summed E-state index contributed by atoms with van der Waals surface area (Å²) in [5.41, 5.74) is 33.6. The van der Waals surface area contributed by atoms with Crippen LogP contribution in [-0.2, 0) is 0 Å². The molecule has 6 heterocycles. The van der Waals surface area contributed by atoms with Crippen molar-refractivity contribution in [3.05, 3.63) is 260 Å². The molecule has 0 bridgehead atoms. The molecule has 12 aromatic rings. The van der Waals surface area contributed by atoms with E-state index in [0.29, 0.717) is 44.7 Å². The molecule has 6 aromatic carbocycles. The van der Waals surface area contributed by atoms with Crippen molar-refractivity contribution < 1.29 is 20.0 Å². The average Bonchev–Trinajstić information content (AvgIpc) is 0.752. The summed E-state index contributed by atoms with van der Waals surface area (Å²) in [7, 11) is 0. The van der Waals surface area contributed by atoms with Crippen LogP contribution in [0.4, 0.5) is 83.0 Å². The van der Waals surface area contributed by atoms with E-state index in [2.05, 4.69) is 60.4 Å². The Balaban J connectivity index is 0.000000164. The number of fused-ring (bicyclic) bond motifs is 3. The van der Waals surface area contributed by atoms with Crippen molar-refractivity contribution in [3.8, 4) is 17.1 Å². The van der Waals surface area contributed by atoms with E-state index in [4.69, 9.17) is 95.8 Å². The standard InChI is InChI=1S/C22H16ClF2N7O.C22H17ClFN7O.C22H18ClN7O/c1-10(29-20-18(28-2)19(26)30-22(27)31-20)16-6-11-4-3-5-15(23)17(11)21(33)32(16)14-8-12(24)7-13(25)9-14;1-11(28-20-18(27-2)19(25)29-22(26)30-20)16-9-12-5-3-8-15(23)17(12)21(32)31(16)14-7-4-6-13(24)10-14;1-12(27-20-18(26-2)19(24)28-22(25)29-20)16-11-13-7-6-10-15(23)17(13)21(31)30(16)14-8-4-3-5-9-14/h3-10H,1H3,(H5,26,27,29,30,31);3-11H,1H3,(H5,25,26,28,29,30);3-12H,1H3,(H5,24,25,27,28,29)/t10-;11-;12-/m000/s1/i;;3D,4D,5D,8D,9D. The van der Waals surface area contributed by atoms with E-state index in [1.165, 1.54) is 28.8 Å². The molecule has 0 radical (unpaired) electrons. The maximum absolute atomic E-state index is 14.0. The number of para-hydroxylation sites is 1. The van der Waals surface area contributed by atoms with Crippen LogP contribution in [0.15, 0.2) is 160 Å². The highest BCUT2D eigenvalue weighted by Gasteiger charge is 2.25. The Morgan fingerprint density at radius 1 is 0.438 bits per heavy atom. The highest BCUT2D eigenvalue weighted by molar-refractivity contribution is 6.36. The molecular formula is C66H51Cl3F3N21O3. The SMILES string of the molecule is [2H]c1c([2H])c([2H])c(-n2c([C@H](C)Nc3nc(N)nc(N)c3[N+]#[C-])cc3cccc(Cl)c3c2=O)c([2H])c1[2H].[C-]#[N+]c1c(N)nc(N)nc1N[C@@H](C)c1cc2cccc(Cl)c2c(=O)n1-c1cc(F)cc(F)c1.[C-]#[N+]c1c(N)nc(N)nc1N[C@@H](C)c1cc2cccc(Cl)c2c(=O)n1-c1cccc(F)c1. The topological polar surface area (TPSA) is 349 Å². The zero-order chi connectivity index (χ0) is 73.3. The van der Waals surface area contributed by atoms with Gasteiger partial charge in [-0.05, 0) is 116 Å². The van der Waals surface area contributed by atoms with E-state index >= 15 is 0 Å². The second-order valence-corrected chi connectivity index (χ2v) is 22.0. The first-order valence-electron chi connectivity index (χ1n) is 30.5. The number of anilines is 9. The molecule has 0 saturated heterocycles. The number of hydrogen-bond donors (Lipinski definition) is 9. The molecule has 0 aliphatic heterocycles. The van der Waals surface area contributed by atoms with Crippen molar-refractivity contribution in [2.24, 2.45) is 0 Å². The minimum atomic E-state index is -0.852. The number of halogens is 6. The second-order valence-electron chi connectivity index (χ2n) is 20.7. The second kappa shape index (κ2) is 27.8. The van der Waals surface area contributed by atoms with Crippen LogP contribution >= 0.6 is 34.8 Å². The Labute approximate surface area is 564 Å². The summed E-state index contributed by atoms with van der Waals surface area (Å²) in [6, 6.07) is 23.4. The predicted molar refractivity (Wildman–Crippen MR) is 371 cm³/mol. The van der Waals surface area contributed by atoms with Crippen LogP contribution in [0, 0.1) is 37.2 Å². The molecule has 0 saturated carbocycles. The summed E-state index contributed by atoms with van der Waals surface area (Å²) in [6.45, 7) is 27.2. The maximum Gasteiger partial charge on any atom is 0.268 e. The van der Waals surface area contributed by atoms with Gasteiger partial charge in [0.1, 0.15) is 52.4 Å². The maximum atomic E-state index is 14.0. The highest BCUT2D eigenvalue weighted by atomic mass is 35.5. The molecule has 480 valence electrons. The molecule has 0 amide bonds. The van der Waals surface area contributed by atoms with Gasteiger partial charge in [-0.2, -0.15) is 0 Å². The van der Waals surface area contributed by atoms with Gasteiger partial charge in [-0.3, -0.25) is 28.1 Å². The summed E-state index contributed by atoms with van der Waals surface area (Å²) in [4.78, 5) is 74.3. The molecule has 0 aliphatic carbocycles. The number of benzene rings is 6. The lowest BCUT2D eigenvalue weighted by Gasteiger charge is -2.22. The predicted octanol–water partition coefficient (Wildman–Crippen LogP) is 13.4. The Hall–Kier alpha value is -12.5. The van der Waals surface area contributed by atoms with E-state index in [9.17, 15) is 27.6 Å². The van der Waals surface area contributed by atoms with Gasteiger partial charge in [0.15, 0.2) is 0 Å². The van der Waals surface area contributed by atoms with Crippen molar-refractivity contribution >= 4 is 137 Å². The Kier molecular flexibility index (Phi) is 17.3. The highest BCUT2D eigenvalue weighted by Crippen LogP contribution is 2.37. The van der Waals surface area contributed by atoms with E-state index in [-0.39, 0.29) is 113 Å². The largest absolute Gasteiger partial charge is 0.392 e. The molecule has 30 heteroatoms. The number of aromatic nitrogens is 9. The molecule has 12 rings (SSSR count). The third-order valence-electron chi connectivity index (χ3n) is 14.5. The molecule has 3 atom stereocenters. The van der Waals surface area contributed by atoms with Gasteiger partial charge in [-0.1, -0.05) is 95.4 Å². The van der Waals surface area contributed by atoms with Gasteiger partial charge in [-0.25, -0.2) is 57.6 Å². The van der Waals surface area contributed by atoms with Gasteiger partial charge in [0.05, 0.1) is 87.3 Å². The van der Waals surface area contributed by atoms with Crippen LogP contribution in [0.5, 0.6) is 0 Å². The fraction of sp³-hybridized carbons (Fsp3) is 0.0909. The molecule has 96 heavy (non-hydrogen) atoms. The summed E-state index contributed by atoms with van der Waals surface area (Å²) < 4.78 is 86.5. The first-order chi connectivity index (χ1) is 48.0. The van der Waals surface area contributed by atoms with Crippen LogP contribution in [0.25, 0.3) is 63.9 Å². The van der Waals surface area contributed by atoms with Gasteiger partial charge in [0.2, 0.25) is 17.8 Å².